The van der Waals surface area contributed by atoms with Crippen molar-refractivity contribution in [3.8, 4) is 5.88 Å². The molecule has 0 atom stereocenters. The number of benzene rings is 3. The van der Waals surface area contributed by atoms with Crippen LogP contribution in [-0.2, 0) is 16.1 Å². The summed E-state index contributed by atoms with van der Waals surface area (Å²) in [6.07, 6.45) is 1.52. The van der Waals surface area contributed by atoms with Crippen LogP contribution in [0.5, 0.6) is 5.88 Å². The van der Waals surface area contributed by atoms with Gasteiger partial charge in [-0.3, -0.25) is 25.0 Å². The maximum Gasteiger partial charge on any atom is 0.326 e. The number of amides is 4. The van der Waals surface area contributed by atoms with E-state index in [9.17, 15) is 29.6 Å². The van der Waals surface area contributed by atoms with Crippen molar-refractivity contribution >= 4 is 51.9 Å². The van der Waals surface area contributed by atoms with Crippen LogP contribution in [0.25, 0.3) is 17.0 Å². The molecule has 12 nitrogen and oxygen atoms in total. The molecule has 2 heterocycles. The molecule has 200 valence electrons. The van der Waals surface area contributed by atoms with Crippen LogP contribution in [-0.4, -0.2) is 38.6 Å². The smallest absolute Gasteiger partial charge is 0.326 e. The number of nitro groups is 1. The number of aromatic hydroxyl groups is 1. The van der Waals surface area contributed by atoms with Crippen molar-refractivity contribution in [2.24, 2.45) is 4.99 Å². The number of hydrogen-bond acceptors (Lipinski definition) is 7. The van der Waals surface area contributed by atoms with Gasteiger partial charge in [0.1, 0.15) is 5.70 Å². The molecule has 0 radical (unpaired) electrons. The summed E-state index contributed by atoms with van der Waals surface area (Å²) in [5.41, 5.74) is 3.70. The van der Waals surface area contributed by atoms with Gasteiger partial charge in [0.05, 0.1) is 21.9 Å². The highest BCUT2D eigenvalue weighted by molar-refractivity contribution is 6.22. The number of carbonyl (C=O) groups is 3. The van der Waals surface area contributed by atoms with Gasteiger partial charge in [-0.2, -0.15) is 0 Å². The molecule has 0 unspecified atom stereocenters. The quantitative estimate of drug-likeness (QED) is 0.0786. The summed E-state index contributed by atoms with van der Waals surface area (Å²) in [6, 6.07) is 17.6. The Morgan fingerprint density at radius 3 is 2.40 bits per heavy atom. The first kappa shape index (κ1) is 25.9. The Morgan fingerprint density at radius 2 is 1.77 bits per heavy atom. The summed E-state index contributed by atoms with van der Waals surface area (Å²) >= 11 is 0. The third kappa shape index (κ3) is 5.41. The van der Waals surface area contributed by atoms with Gasteiger partial charge in [-0.25, -0.2) is 9.79 Å². The van der Waals surface area contributed by atoms with E-state index in [1.54, 1.807) is 36.4 Å². The van der Waals surface area contributed by atoms with Gasteiger partial charge in [0.2, 0.25) is 5.91 Å². The Labute approximate surface area is 226 Å². The van der Waals surface area contributed by atoms with Gasteiger partial charge in [-0.1, -0.05) is 36.4 Å². The zero-order valence-corrected chi connectivity index (χ0v) is 21.0. The number of urea groups is 1. The largest absolute Gasteiger partial charge is 0.494 e. The summed E-state index contributed by atoms with van der Waals surface area (Å²) in [4.78, 5) is 53.1. The minimum atomic E-state index is -0.594. The van der Waals surface area contributed by atoms with Crippen molar-refractivity contribution in [2.75, 3.05) is 0 Å². The molecule has 1 aliphatic rings. The van der Waals surface area contributed by atoms with Crippen LogP contribution in [0.15, 0.2) is 77.4 Å². The maximum atomic E-state index is 11.8. The molecule has 12 heteroatoms. The molecule has 40 heavy (non-hydrogen) atoms. The van der Waals surface area contributed by atoms with Crippen LogP contribution < -0.4 is 16.0 Å². The molecule has 0 saturated carbocycles. The van der Waals surface area contributed by atoms with E-state index in [0.29, 0.717) is 40.0 Å². The average molecular weight is 539 g/mol. The maximum absolute atomic E-state index is 11.8. The van der Waals surface area contributed by atoms with Crippen molar-refractivity contribution < 1.29 is 24.4 Å². The topological polar surface area (TPSA) is 179 Å². The number of aromatic nitrogens is 1. The third-order valence-corrected chi connectivity index (χ3v) is 6.14. The number of imide groups is 1. The number of hydrogen-bond donors (Lipinski definition) is 5. The highest BCUT2D eigenvalue weighted by atomic mass is 16.6. The summed E-state index contributed by atoms with van der Waals surface area (Å²) in [5, 5.41) is 30.1. The lowest BCUT2D eigenvalue weighted by Crippen LogP contribution is -2.22. The molecule has 3 aromatic carbocycles. The number of rotatable bonds is 7. The molecule has 0 spiro atoms. The molecule has 0 aliphatic carbocycles. The zero-order chi connectivity index (χ0) is 28.4. The second-order valence-corrected chi connectivity index (χ2v) is 8.96. The second kappa shape index (κ2) is 10.5. The minimum absolute atomic E-state index is 0.117. The molecule has 4 amide bonds. The van der Waals surface area contributed by atoms with Crippen molar-refractivity contribution in [3.63, 3.8) is 0 Å². The number of nitro benzene ring substituents is 1. The first-order valence-corrected chi connectivity index (χ1v) is 12.0. The molecule has 5 rings (SSSR count). The Hall–Kier alpha value is -5.78. The number of H-pyrrole nitrogens is 1. The van der Waals surface area contributed by atoms with Crippen molar-refractivity contribution in [3.05, 3.63) is 105 Å². The fraction of sp³-hybridized carbons (Fsp3) is 0.0714. The molecule has 1 aromatic heterocycles. The zero-order valence-electron chi connectivity index (χ0n) is 21.0. The Balaban J connectivity index is 1.59. The van der Waals surface area contributed by atoms with Crippen molar-refractivity contribution in [2.45, 2.75) is 13.5 Å². The fourth-order valence-corrected chi connectivity index (χ4v) is 4.21. The first-order chi connectivity index (χ1) is 19.2. The summed E-state index contributed by atoms with van der Waals surface area (Å²) in [7, 11) is 0. The highest BCUT2D eigenvalue weighted by Gasteiger charge is 2.23. The van der Waals surface area contributed by atoms with Crippen LogP contribution in [0.2, 0.25) is 0 Å². The van der Waals surface area contributed by atoms with Gasteiger partial charge < -0.3 is 20.7 Å². The van der Waals surface area contributed by atoms with Crippen molar-refractivity contribution in [1.29, 1.82) is 0 Å². The molecule has 1 aliphatic heterocycles. The van der Waals surface area contributed by atoms with E-state index >= 15 is 0 Å². The normalized spacial score (nSPS) is 14.3. The standard InChI is InChI=1S/C28H22N6O6/c1-15(35)29-14-17-2-6-18(7-3-17)25(24-21-13-20(34(39)40)10-11-22(21)31-27(24)37)30-19-8-4-16(5-9-19)12-23-26(36)33-28(38)32-23/h2-13,31,37H,14H2,1H3,(H,29,35)(H2,32,33,36,38)/b23-12-,30-25?. The lowest BCUT2D eigenvalue weighted by atomic mass is 9.99. The predicted octanol–water partition coefficient (Wildman–Crippen LogP) is 3.77. The molecular weight excluding hydrogens is 516 g/mol. The molecule has 5 N–H and O–H groups in total. The SMILES string of the molecule is CC(=O)NCc1ccc(C(=Nc2ccc(/C=C3\NC(=O)NC3=O)cc2)c2c(O)[nH]c3ccc([N+](=O)[O-])cc23)cc1. The molecule has 1 fully saturated rings. The lowest BCUT2D eigenvalue weighted by Gasteiger charge is -2.10. The molecular formula is C28H22N6O6. The fourth-order valence-electron chi connectivity index (χ4n) is 4.21. The van der Waals surface area contributed by atoms with E-state index in [1.165, 1.54) is 31.2 Å². The molecule has 4 aromatic rings. The number of aliphatic imine (C=N–C) groups is 1. The van der Waals surface area contributed by atoms with Gasteiger partial charge in [0, 0.05) is 42.1 Å². The van der Waals surface area contributed by atoms with E-state index in [0.717, 1.165) is 5.56 Å². The van der Waals surface area contributed by atoms with E-state index < -0.39 is 16.9 Å². The molecule has 0 bridgehead atoms. The van der Waals surface area contributed by atoms with Gasteiger partial charge in [0.15, 0.2) is 5.88 Å². The first-order valence-electron chi connectivity index (χ1n) is 12.0. The van der Waals surface area contributed by atoms with Crippen molar-refractivity contribution in [1.82, 2.24) is 20.9 Å². The second-order valence-electron chi connectivity index (χ2n) is 8.96. The summed E-state index contributed by atoms with van der Waals surface area (Å²) < 4.78 is 0. The van der Waals surface area contributed by atoms with Gasteiger partial charge in [0.25, 0.3) is 11.6 Å². The van der Waals surface area contributed by atoms with Gasteiger partial charge in [-0.05, 0) is 35.4 Å². The summed E-state index contributed by atoms with van der Waals surface area (Å²) in [6.45, 7) is 1.76. The van der Waals surface area contributed by atoms with E-state index in [2.05, 4.69) is 20.9 Å². The van der Waals surface area contributed by atoms with Crippen LogP contribution in [0.1, 0.15) is 29.2 Å². The van der Waals surface area contributed by atoms with E-state index in [4.69, 9.17) is 4.99 Å². The predicted molar refractivity (Wildman–Crippen MR) is 147 cm³/mol. The number of non-ortho nitro benzene ring substituents is 1. The van der Waals surface area contributed by atoms with Crippen LogP contribution >= 0.6 is 0 Å². The highest BCUT2D eigenvalue weighted by Crippen LogP contribution is 2.33. The van der Waals surface area contributed by atoms with Gasteiger partial charge >= 0.3 is 6.03 Å². The van der Waals surface area contributed by atoms with Crippen LogP contribution in [0.4, 0.5) is 16.2 Å². The monoisotopic (exact) mass is 538 g/mol. The van der Waals surface area contributed by atoms with E-state index in [-0.39, 0.29) is 28.7 Å². The van der Waals surface area contributed by atoms with Crippen LogP contribution in [0, 0.1) is 10.1 Å². The number of aromatic amines is 1. The van der Waals surface area contributed by atoms with Gasteiger partial charge in [-0.15, -0.1) is 0 Å². The number of nitrogens with one attached hydrogen (secondary N) is 4. The minimum Gasteiger partial charge on any atom is -0.494 e. The number of nitrogens with zero attached hydrogens (tertiary/aromatic N) is 2. The van der Waals surface area contributed by atoms with E-state index in [1.807, 2.05) is 12.1 Å². The molecule has 1 saturated heterocycles. The number of fused-ring (bicyclic) bond motifs is 1. The Morgan fingerprint density at radius 1 is 1.05 bits per heavy atom. The lowest BCUT2D eigenvalue weighted by molar-refractivity contribution is -0.384. The van der Waals surface area contributed by atoms with Crippen LogP contribution in [0.3, 0.4) is 0 Å². The Bertz CT molecular complexity index is 1740. The Kier molecular flexibility index (Phi) is 6.81. The summed E-state index contributed by atoms with van der Waals surface area (Å²) in [5.74, 6) is -0.896. The number of carbonyl (C=O) groups excluding carboxylic acids is 3. The third-order valence-electron chi connectivity index (χ3n) is 6.14. The average Bonchev–Trinajstić information content (AvgIpc) is 3.43.